The van der Waals surface area contributed by atoms with Gasteiger partial charge < -0.3 is 4.74 Å². The molecule has 0 bridgehead atoms. The van der Waals surface area contributed by atoms with Gasteiger partial charge in [-0.3, -0.25) is 0 Å². The fourth-order valence-electron chi connectivity index (χ4n) is 3.20. The van der Waals surface area contributed by atoms with E-state index in [9.17, 15) is 0 Å². The Balaban J connectivity index is 1.95. The summed E-state index contributed by atoms with van der Waals surface area (Å²) >= 11 is 0. The predicted octanol–water partition coefficient (Wildman–Crippen LogP) is 5.46. The second-order valence-corrected chi connectivity index (χ2v) is 6.31. The number of rotatable bonds is 4. The molecule has 0 saturated heterocycles. The molecule has 1 heterocycles. The monoisotopic (exact) mass is 340 g/mol. The van der Waals surface area contributed by atoms with Crippen molar-refractivity contribution < 1.29 is 4.74 Å². The maximum atomic E-state index is 5.42. The average Bonchev–Trinajstić information content (AvgIpc) is 2.73. The van der Waals surface area contributed by atoms with Gasteiger partial charge in [0, 0.05) is 16.9 Å². The Morgan fingerprint density at radius 2 is 1.50 bits per heavy atom. The van der Waals surface area contributed by atoms with Crippen molar-refractivity contribution in [2.24, 2.45) is 0 Å². The molecule has 0 spiro atoms. The third-order valence-electron chi connectivity index (χ3n) is 4.67. The molecule has 0 fully saturated rings. The zero-order chi connectivity index (χ0) is 17.9. The van der Waals surface area contributed by atoms with Gasteiger partial charge in [-0.05, 0) is 23.8 Å². The van der Waals surface area contributed by atoms with Crippen LogP contribution in [0.15, 0.2) is 78.9 Å². The van der Waals surface area contributed by atoms with Crippen LogP contribution in [0.3, 0.4) is 0 Å². The minimum atomic E-state index is 0.149. The van der Waals surface area contributed by atoms with Crippen molar-refractivity contribution in [3.63, 3.8) is 0 Å². The van der Waals surface area contributed by atoms with Crippen LogP contribution in [0.25, 0.3) is 22.3 Å². The standard InChI is InChI=1S/C23H20N2O/c1-16(17-9-5-3-6-10-17)22-20-15-19(26-2)13-14-21(20)24-23(25-22)18-11-7-4-8-12-18/h3-16H,1-2H3. The Bertz CT molecular complexity index is 1030. The van der Waals surface area contributed by atoms with E-state index < -0.39 is 0 Å². The van der Waals surface area contributed by atoms with Crippen molar-refractivity contribution in [3.8, 4) is 17.1 Å². The lowest BCUT2D eigenvalue weighted by Gasteiger charge is -2.16. The molecule has 0 aliphatic rings. The third kappa shape index (κ3) is 3.04. The van der Waals surface area contributed by atoms with Crippen LogP contribution >= 0.6 is 0 Å². The van der Waals surface area contributed by atoms with Gasteiger partial charge in [-0.1, -0.05) is 67.6 Å². The van der Waals surface area contributed by atoms with E-state index in [4.69, 9.17) is 14.7 Å². The SMILES string of the molecule is COc1ccc2nc(-c3ccccc3)nc(C(C)c3ccccc3)c2c1. The second kappa shape index (κ2) is 6.96. The number of ether oxygens (including phenoxy) is 1. The quantitative estimate of drug-likeness (QED) is 0.495. The van der Waals surface area contributed by atoms with E-state index >= 15 is 0 Å². The summed E-state index contributed by atoms with van der Waals surface area (Å²) in [7, 11) is 1.68. The number of hydrogen-bond acceptors (Lipinski definition) is 3. The third-order valence-corrected chi connectivity index (χ3v) is 4.67. The molecule has 4 rings (SSSR count). The Morgan fingerprint density at radius 3 is 2.19 bits per heavy atom. The molecule has 1 unspecified atom stereocenters. The van der Waals surface area contributed by atoms with Crippen LogP contribution in [0.5, 0.6) is 5.75 Å². The molecule has 3 heteroatoms. The van der Waals surface area contributed by atoms with Gasteiger partial charge in [-0.15, -0.1) is 0 Å². The highest BCUT2D eigenvalue weighted by Crippen LogP contribution is 2.32. The topological polar surface area (TPSA) is 35.0 Å². The highest BCUT2D eigenvalue weighted by Gasteiger charge is 2.17. The lowest BCUT2D eigenvalue weighted by Crippen LogP contribution is -2.04. The van der Waals surface area contributed by atoms with Crippen LogP contribution in [0.1, 0.15) is 24.1 Å². The highest BCUT2D eigenvalue weighted by molar-refractivity contribution is 5.85. The normalized spacial score (nSPS) is 12.1. The molecular weight excluding hydrogens is 320 g/mol. The summed E-state index contributed by atoms with van der Waals surface area (Å²) in [6.07, 6.45) is 0. The van der Waals surface area contributed by atoms with Gasteiger partial charge in [0.25, 0.3) is 0 Å². The van der Waals surface area contributed by atoms with Crippen LogP contribution in [0.2, 0.25) is 0 Å². The molecule has 3 nitrogen and oxygen atoms in total. The number of fused-ring (bicyclic) bond motifs is 1. The maximum absolute atomic E-state index is 5.42. The van der Waals surface area contributed by atoms with Gasteiger partial charge in [0.1, 0.15) is 5.75 Å². The van der Waals surface area contributed by atoms with E-state index in [1.54, 1.807) is 7.11 Å². The largest absolute Gasteiger partial charge is 0.497 e. The first-order valence-electron chi connectivity index (χ1n) is 8.72. The fourth-order valence-corrected chi connectivity index (χ4v) is 3.20. The zero-order valence-corrected chi connectivity index (χ0v) is 14.9. The molecule has 0 N–H and O–H groups in total. The molecule has 128 valence electrons. The van der Waals surface area contributed by atoms with E-state index in [1.165, 1.54) is 5.56 Å². The summed E-state index contributed by atoms with van der Waals surface area (Å²) in [6.45, 7) is 2.19. The highest BCUT2D eigenvalue weighted by atomic mass is 16.5. The van der Waals surface area contributed by atoms with E-state index in [2.05, 4.69) is 31.2 Å². The lowest BCUT2D eigenvalue weighted by molar-refractivity contribution is 0.415. The maximum Gasteiger partial charge on any atom is 0.160 e. The Labute approximate surface area is 153 Å². The summed E-state index contributed by atoms with van der Waals surface area (Å²) in [5, 5.41) is 1.03. The zero-order valence-electron chi connectivity index (χ0n) is 14.9. The van der Waals surface area contributed by atoms with Crippen molar-refractivity contribution in [2.75, 3.05) is 7.11 Å². The minimum Gasteiger partial charge on any atom is -0.497 e. The molecule has 0 radical (unpaired) electrons. The van der Waals surface area contributed by atoms with Crippen LogP contribution in [-0.2, 0) is 0 Å². The van der Waals surface area contributed by atoms with Crippen molar-refractivity contribution in [1.82, 2.24) is 9.97 Å². The fraction of sp³-hybridized carbons (Fsp3) is 0.130. The summed E-state index contributed by atoms with van der Waals surface area (Å²) in [6, 6.07) is 26.5. The number of nitrogens with zero attached hydrogens (tertiary/aromatic N) is 2. The van der Waals surface area contributed by atoms with Gasteiger partial charge in [-0.2, -0.15) is 0 Å². The molecular formula is C23H20N2O. The first-order chi connectivity index (χ1) is 12.8. The molecule has 0 aliphatic heterocycles. The molecule has 3 aromatic carbocycles. The number of methoxy groups -OCH3 is 1. The second-order valence-electron chi connectivity index (χ2n) is 6.31. The van der Waals surface area contributed by atoms with Gasteiger partial charge >= 0.3 is 0 Å². The van der Waals surface area contributed by atoms with Crippen molar-refractivity contribution in [2.45, 2.75) is 12.8 Å². The molecule has 26 heavy (non-hydrogen) atoms. The predicted molar refractivity (Wildman–Crippen MR) is 105 cm³/mol. The van der Waals surface area contributed by atoms with Crippen molar-refractivity contribution >= 4 is 10.9 Å². The summed E-state index contributed by atoms with van der Waals surface area (Å²) in [5.41, 5.74) is 4.19. The molecule has 0 amide bonds. The number of benzene rings is 3. The van der Waals surface area contributed by atoms with Crippen LogP contribution in [0, 0.1) is 0 Å². The first kappa shape index (κ1) is 16.3. The number of aromatic nitrogens is 2. The minimum absolute atomic E-state index is 0.149. The van der Waals surface area contributed by atoms with Gasteiger partial charge in [-0.25, -0.2) is 9.97 Å². The van der Waals surface area contributed by atoms with E-state index in [0.717, 1.165) is 33.7 Å². The van der Waals surface area contributed by atoms with Crippen LogP contribution in [0.4, 0.5) is 0 Å². The van der Waals surface area contributed by atoms with E-state index in [0.29, 0.717) is 0 Å². The summed E-state index contributed by atoms with van der Waals surface area (Å²) in [5.74, 6) is 1.72. The lowest BCUT2D eigenvalue weighted by atomic mass is 9.94. The first-order valence-corrected chi connectivity index (χ1v) is 8.72. The molecule has 1 atom stereocenters. The van der Waals surface area contributed by atoms with Crippen LogP contribution in [-0.4, -0.2) is 17.1 Å². The van der Waals surface area contributed by atoms with Gasteiger partial charge in [0.05, 0.1) is 18.3 Å². The summed E-state index contributed by atoms with van der Waals surface area (Å²) in [4.78, 5) is 9.75. The van der Waals surface area contributed by atoms with Crippen molar-refractivity contribution in [1.29, 1.82) is 0 Å². The number of hydrogen-bond donors (Lipinski definition) is 0. The molecule has 1 aromatic heterocycles. The van der Waals surface area contributed by atoms with Crippen LogP contribution < -0.4 is 4.74 Å². The molecule has 0 saturated carbocycles. The Morgan fingerprint density at radius 1 is 0.808 bits per heavy atom. The Hall–Kier alpha value is -3.20. The smallest absolute Gasteiger partial charge is 0.160 e. The summed E-state index contributed by atoms with van der Waals surface area (Å²) < 4.78 is 5.42. The Kier molecular flexibility index (Phi) is 4.36. The van der Waals surface area contributed by atoms with Gasteiger partial charge in [0.15, 0.2) is 5.82 Å². The average molecular weight is 340 g/mol. The van der Waals surface area contributed by atoms with E-state index in [1.807, 2.05) is 54.6 Å². The molecule has 4 aromatic rings. The van der Waals surface area contributed by atoms with Gasteiger partial charge in [0.2, 0.25) is 0 Å². The molecule has 0 aliphatic carbocycles. The van der Waals surface area contributed by atoms with Crippen molar-refractivity contribution in [3.05, 3.63) is 90.1 Å². The van der Waals surface area contributed by atoms with E-state index in [-0.39, 0.29) is 5.92 Å².